The highest BCUT2D eigenvalue weighted by atomic mass is 19.3. The first-order chi connectivity index (χ1) is 8.89. The predicted molar refractivity (Wildman–Crippen MR) is 60.1 cm³/mol. The lowest BCUT2D eigenvalue weighted by Crippen LogP contribution is -2.56. The van der Waals surface area contributed by atoms with Gasteiger partial charge in [-0.3, -0.25) is 0 Å². The number of carbonyl (C=O) groups excluding carboxylic acids is 1. The smallest absolute Gasteiger partial charge is 0.375 e. The molecular weight excluding hydrogens is 290 g/mol. The van der Waals surface area contributed by atoms with E-state index in [1.54, 1.807) is 0 Å². The van der Waals surface area contributed by atoms with Crippen molar-refractivity contribution in [2.75, 3.05) is 6.61 Å². The standard InChI is InChI=1S/C12H16F6O2/c1-4-5-6-10(13,14)12(17,18)11(15,16)7-20-9(19)8(2)3/h2,4-7H2,1,3H3. The lowest BCUT2D eigenvalue weighted by molar-refractivity contribution is -0.318. The quantitative estimate of drug-likeness (QED) is 0.381. The number of halogens is 6. The number of carbonyl (C=O) groups is 1. The summed E-state index contributed by atoms with van der Waals surface area (Å²) >= 11 is 0. The molecule has 0 aliphatic carbocycles. The van der Waals surface area contributed by atoms with Crippen molar-refractivity contribution in [1.29, 1.82) is 0 Å². The van der Waals surface area contributed by atoms with Crippen molar-refractivity contribution in [2.24, 2.45) is 0 Å². The SMILES string of the molecule is C=C(C)C(=O)OCC(F)(F)C(F)(F)C(F)(F)CCCC. The number of ether oxygens (including phenoxy) is 1. The van der Waals surface area contributed by atoms with Crippen LogP contribution in [-0.2, 0) is 9.53 Å². The van der Waals surface area contributed by atoms with E-state index >= 15 is 0 Å². The minimum Gasteiger partial charge on any atom is -0.456 e. The monoisotopic (exact) mass is 306 g/mol. The molecule has 0 unspecified atom stereocenters. The summed E-state index contributed by atoms with van der Waals surface area (Å²) in [6.07, 6.45) is -1.55. The maximum Gasteiger partial charge on any atom is 0.375 e. The molecule has 2 nitrogen and oxygen atoms in total. The minimum absolute atomic E-state index is 0.155. The molecule has 0 heterocycles. The number of unbranched alkanes of at least 4 members (excludes halogenated alkanes) is 1. The van der Waals surface area contributed by atoms with Crippen LogP contribution in [0.25, 0.3) is 0 Å². The first-order valence-corrected chi connectivity index (χ1v) is 5.85. The van der Waals surface area contributed by atoms with E-state index < -0.39 is 36.8 Å². The average Bonchev–Trinajstić information content (AvgIpc) is 2.32. The first-order valence-electron chi connectivity index (χ1n) is 5.85. The Bertz CT molecular complexity index is 365. The molecule has 20 heavy (non-hydrogen) atoms. The molecule has 0 aliphatic heterocycles. The van der Waals surface area contributed by atoms with Crippen molar-refractivity contribution >= 4 is 5.97 Å². The molecule has 0 N–H and O–H groups in total. The number of alkyl halides is 6. The zero-order valence-electron chi connectivity index (χ0n) is 11.1. The molecule has 0 atom stereocenters. The molecule has 118 valence electrons. The van der Waals surface area contributed by atoms with Gasteiger partial charge in [0.15, 0.2) is 6.61 Å². The molecule has 0 amide bonds. The van der Waals surface area contributed by atoms with Crippen LogP contribution in [0.3, 0.4) is 0 Å². The van der Waals surface area contributed by atoms with Gasteiger partial charge in [-0.2, -0.15) is 26.3 Å². The highest BCUT2D eigenvalue weighted by Gasteiger charge is 2.71. The van der Waals surface area contributed by atoms with E-state index in [0.29, 0.717) is 0 Å². The van der Waals surface area contributed by atoms with Crippen molar-refractivity contribution < 1.29 is 35.9 Å². The first kappa shape index (κ1) is 18.8. The highest BCUT2D eigenvalue weighted by Crippen LogP contribution is 2.48. The van der Waals surface area contributed by atoms with Gasteiger partial charge in [0.05, 0.1) is 0 Å². The van der Waals surface area contributed by atoms with E-state index in [9.17, 15) is 31.1 Å². The Morgan fingerprint density at radius 1 is 1.10 bits per heavy atom. The Balaban J connectivity index is 4.95. The van der Waals surface area contributed by atoms with Gasteiger partial charge in [0, 0.05) is 12.0 Å². The van der Waals surface area contributed by atoms with Crippen LogP contribution >= 0.6 is 0 Å². The van der Waals surface area contributed by atoms with Gasteiger partial charge in [-0.25, -0.2) is 4.79 Å². The molecule has 0 aromatic heterocycles. The molecular formula is C12H16F6O2. The van der Waals surface area contributed by atoms with Gasteiger partial charge in [-0.15, -0.1) is 0 Å². The molecule has 0 aromatic rings. The Hall–Kier alpha value is -1.21. The molecule has 0 rings (SSSR count). The van der Waals surface area contributed by atoms with Crippen LogP contribution in [0.5, 0.6) is 0 Å². The highest BCUT2D eigenvalue weighted by molar-refractivity contribution is 5.86. The normalized spacial score (nSPS) is 13.2. The van der Waals surface area contributed by atoms with Gasteiger partial charge in [-0.1, -0.05) is 19.9 Å². The van der Waals surface area contributed by atoms with Crippen molar-refractivity contribution in [3.63, 3.8) is 0 Å². The predicted octanol–water partition coefficient (Wildman–Crippen LogP) is 4.20. The number of hydrogen-bond acceptors (Lipinski definition) is 2. The molecule has 0 saturated heterocycles. The fraction of sp³-hybridized carbons (Fsp3) is 0.750. The zero-order valence-corrected chi connectivity index (χ0v) is 11.1. The summed E-state index contributed by atoms with van der Waals surface area (Å²) in [5.74, 6) is -17.0. The fourth-order valence-electron chi connectivity index (χ4n) is 1.19. The van der Waals surface area contributed by atoms with E-state index in [1.165, 1.54) is 6.92 Å². The number of esters is 1. The molecule has 0 fully saturated rings. The van der Waals surface area contributed by atoms with Crippen LogP contribution in [0.15, 0.2) is 12.2 Å². The Kier molecular flexibility index (Phi) is 6.10. The van der Waals surface area contributed by atoms with E-state index in [-0.39, 0.29) is 18.4 Å². The van der Waals surface area contributed by atoms with Crippen LogP contribution in [0.1, 0.15) is 33.1 Å². The van der Waals surface area contributed by atoms with Gasteiger partial charge < -0.3 is 4.74 Å². The molecule has 0 saturated carbocycles. The van der Waals surface area contributed by atoms with Crippen molar-refractivity contribution in [1.82, 2.24) is 0 Å². The Morgan fingerprint density at radius 3 is 2.00 bits per heavy atom. The average molecular weight is 306 g/mol. The second-order valence-electron chi connectivity index (χ2n) is 4.44. The molecule has 0 radical (unpaired) electrons. The molecule has 8 heteroatoms. The Labute approximate surface area is 112 Å². The van der Waals surface area contributed by atoms with E-state index in [0.717, 1.165) is 6.92 Å². The van der Waals surface area contributed by atoms with Gasteiger partial charge in [0.1, 0.15) is 0 Å². The summed E-state index contributed by atoms with van der Waals surface area (Å²) in [6.45, 7) is 3.49. The third-order valence-corrected chi connectivity index (χ3v) is 2.50. The van der Waals surface area contributed by atoms with E-state index in [4.69, 9.17) is 0 Å². The molecule has 0 spiro atoms. The van der Waals surface area contributed by atoms with Gasteiger partial charge in [-0.05, 0) is 13.3 Å². The second kappa shape index (κ2) is 6.49. The molecule has 0 bridgehead atoms. The summed E-state index contributed by atoms with van der Waals surface area (Å²) in [5, 5.41) is 0. The lowest BCUT2D eigenvalue weighted by Gasteiger charge is -2.32. The fourth-order valence-corrected chi connectivity index (χ4v) is 1.19. The minimum atomic E-state index is -5.61. The third kappa shape index (κ3) is 4.14. The van der Waals surface area contributed by atoms with Crippen LogP contribution in [-0.4, -0.2) is 30.3 Å². The van der Waals surface area contributed by atoms with Crippen molar-refractivity contribution in [3.8, 4) is 0 Å². The van der Waals surface area contributed by atoms with E-state index in [2.05, 4.69) is 11.3 Å². The van der Waals surface area contributed by atoms with Crippen LogP contribution in [0.2, 0.25) is 0 Å². The Morgan fingerprint density at radius 2 is 1.60 bits per heavy atom. The summed E-state index contributed by atoms with van der Waals surface area (Å²) in [5.41, 5.74) is -0.304. The topological polar surface area (TPSA) is 26.3 Å². The maximum absolute atomic E-state index is 13.2. The van der Waals surface area contributed by atoms with Crippen molar-refractivity contribution in [3.05, 3.63) is 12.2 Å². The molecule has 0 aliphatic rings. The van der Waals surface area contributed by atoms with E-state index in [1.807, 2.05) is 0 Å². The van der Waals surface area contributed by atoms with Gasteiger partial charge in [0.25, 0.3) is 0 Å². The third-order valence-electron chi connectivity index (χ3n) is 2.50. The van der Waals surface area contributed by atoms with Crippen LogP contribution in [0, 0.1) is 0 Å². The summed E-state index contributed by atoms with van der Waals surface area (Å²) in [7, 11) is 0. The summed E-state index contributed by atoms with van der Waals surface area (Å²) in [6, 6.07) is 0. The lowest BCUT2D eigenvalue weighted by atomic mass is 10.00. The maximum atomic E-state index is 13.2. The number of rotatable bonds is 8. The summed E-state index contributed by atoms with van der Waals surface area (Å²) < 4.78 is 83.1. The van der Waals surface area contributed by atoms with Crippen molar-refractivity contribution in [2.45, 2.75) is 50.9 Å². The second-order valence-corrected chi connectivity index (χ2v) is 4.44. The number of hydrogen-bond donors (Lipinski definition) is 0. The van der Waals surface area contributed by atoms with Crippen LogP contribution < -0.4 is 0 Å². The van der Waals surface area contributed by atoms with Gasteiger partial charge in [0.2, 0.25) is 0 Å². The van der Waals surface area contributed by atoms with Gasteiger partial charge >= 0.3 is 23.7 Å². The zero-order chi connectivity index (χ0) is 16.2. The van der Waals surface area contributed by atoms with Crippen LogP contribution in [0.4, 0.5) is 26.3 Å². The molecule has 0 aromatic carbocycles. The largest absolute Gasteiger partial charge is 0.456 e. The summed E-state index contributed by atoms with van der Waals surface area (Å²) in [4.78, 5) is 10.9.